The Kier molecular flexibility index (Phi) is 3.60. The van der Waals surface area contributed by atoms with Gasteiger partial charge in [-0.15, -0.1) is 11.6 Å². The van der Waals surface area contributed by atoms with E-state index in [0.29, 0.717) is 0 Å². The first-order valence-electron chi connectivity index (χ1n) is 5.10. The van der Waals surface area contributed by atoms with Gasteiger partial charge in [-0.2, -0.15) is 0 Å². The average Bonchev–Trinajstić information content (AvgIpc) is 2.07. The van der Waals surface area contributed by atoms with Gasteiger partial charge in [0.2, 0.25) is 0 Å². The van der Waals surface area contributed by atoms with Crippen LogP contribution in [0.1, 0.15) is 31.9 Å². The molecule has 0 nitrogen and oxygen atoms in total. The van der Waals surface area contributed by atoms with Gasteiger partial charge in [-0.3, -0.25) is 0 Å². The van der Waals surface area contributed by atoms with E-state index in [0.717, 1.165) is 6.42 Å². The predicted molar refractivity (Wildman–Crippen MR) is 64.0 cm³/mol. The van der Waals surface area contributed by atoms with Crippen molar-refractivity contribution < 1.29 is 0 Å². The van der Waals surface area contributed by atoms with E-state index in [-0.39, 0.29) is 10.8 Å². The van der Waals surface area contributed by atoms with Crippen LogP contribution in [0.15, 0.2) is 24.3 Å². The quantitative estimate of drug-likeness (QED) is 0.643. The average molecular weight is 211 g/mol. The summed E-state index contributed by atoms with van der Waals surface area (Å²) in [5.41, 5.74) is 2.87. The highest BCUT2D eigenvalue weighted by Gasteiger charge is 2.22. The van der Waals surface area contributed by atoms with Gasteiger partial charge in [0.15, 0.2) is 0 Å². The zero-order chi connectivity index (χ0) is 10.8. The fraction of sp³-hybridized carbons (Fsp3) is 0.538. The summed E-state index contributed by atoms with van der Waals surface area (Å²) in [5.74, 6) is 0. The zero-order valence-corrected chi connectivity index (χ0v) is 10.2. The second-order valence-electron chi connectivity index (χ2n) is 4.96. The van der Waals surface area contributed by atoms with Crippen molar-refractivity contribution in [2.24, 2.45) is 5.41 Å². The summed E-state index contributed by atoms with van der Waals surface area (Å²) in [7, 11) is 0. The molecule has 0 saturated carbocycles. The van der Waals surface area contributed by atoms with Crippen LogP contribution in [0.5, 0.6) is 0 Å². The molecule has 1 aromatic rings. The lowest BCUT2D eigenvalue weighted by Gasteiger charge is -2.25. The molecular formula is C13H19Cl. The summed E-state index contributed by atoms with van der Waals surface area (Å²) in [4.78, 5) is 0. The van der Waals surface area contributed by atoms with E-state index in [9.17, 15) is 0 Å². The molecule has 1 aromatic carbocycles. The maximum atomic E-state index is 6.36. The maximum Gasteiger partial charge on any atom is 0.0424 e. The van der Waals surface area contributed by atoms with Gasteiger partial charge >= 0.3 is 0 Å². The van der Waals surface area contributed by atoms with Gasteiger partial charge in [-0.25, -0.2) is 0 Å². The predicted octanol–water partition coefficient (Wildman–Crippen LogP) is 4.19. The number of alkyl halides is 1. The molecule has 0 aliphatic heterocycles. The van der Waals surface area contributed by atoms with E-state index < -0.39 is 0 Å². The summed E-state index contributed by atoms with van der Waals surface area (Å²) in [6.07, 6.45) is 0.956. The molecule has 78 valence electrons. The van der Waals surface area contributed by atoms with Crippen molar-refractivity contribution in [3.8, 4) is 0 Å². The van der Waals surface area contributed by atoms with Crippen molar-refractivity contribution in [2.45, 2.75) is 39.5 Å². The maximum absolute atomic E-state index is 6.36. The third-order valence-electron chi connectivity index (χ3n) is 2.60. The first kappa shape index (κ1) is 11.6. The van der Waals surface area contributed by atoms with Crippen LogP contribution in [0.3, 0.4) is 0 Å². The van der Waals surface area contributed by atoms with E-state index in [1.165, 1.54) is 11.1 Å². The second kappa shape index (κ2) is 4.35. The van der Waals surface area contributed by atoms with Crippen LogP contribution in [0.2, 0.25) is 0 Å². The molecule has 0 aromatic heterocycles. The van der Waals surface area contributed by atoms with Crippen molar-refractivity contribution in [2.75, 3.05) is 0 Å². The molecule has 0 spiro atoms. The first-order chi connectivity index (χ1) is 6.41. The van der Waals surface area contributed by atoms with E-state index in [1.807, 2.05) is 0 Å². The number of hydrogen-bond donors (Lipinski definition) is 0. The normalized spacial score (nSPS) is 14.1. The van der Waals surface area contributed by atoms with Gasteiger partial charge in [0.05, 0.1) is 0 Å². The molecule has 0 aliphatic rings. The first-order valence-corrected chi connectivity index (χ1v) is 5.53. The highest BCUT2D eigenvalue weighted by Crippen LogP contribution is 2.28. The Hall–Kier alpha value is -0.490. The molecule has 0 aliphatic carbocycles. The molecule has 14 heavy (non-hydrogen) atoms. The molecule has 1 unspecified atom stereocenters. The van der Waals surface area contributed by atoms with Crippen molar-refractivity contribution in [3.63, 3.8) is 0 Å². The van der Waals surface area contributed by atoms with E-state index in [4.69, 9.17) is 11.6 Å². The number of benzene rings is 1. The van der Waals surface area contributed by atoms with Gasteiger partial charge in [-0.1, -0.05) is 45.0 Å². The second-order valence-corrected chi connectivity index (χ2v) is 5.49. The number of hydrogen-bond acceptors (Lipinski definition) is 0. The molecule has 0 saturated heterocycles. The highest BCUT2D eigenvalue weighted by molar-refractivity contribution is 6.21. The Bertz CT molecular complexity index is 296. The summed E-state index contributed by atoms with van der Waals surface area (Å²) in [6.45, 7) is 8.69. The standard InChI is InChI=1S/C13H19Cl/c1-10-7-5-6-8-11(10)9-12(14)13(2,3)4/h5-8,12H,9H2,1-4H3. The van der Waals surface area contributed by atoms with Crippen molar-refractivity contribution in [3.05, 3.63) is 35.4 Å². The van der Waals surface area contributed by atoms with E-state index in [2.05, 4.69) is 52.0 Å². The Morgan fingerprint density at radius 3 is 2.29 bits per heavy atom. The van der Waals surface area contributed by atoms with Crippen molar-refractivity contribution >= 4 is 11.6 Å². The minimum atomic E-state index is 0.170. The fourth-order valence-electron chi connectivity index (χ4n) is 1.34. The fourth-order valence-corrected chi connectivity index (χ4v) is 1.50. The molecule has 1 heteroatoms. The van der Waals surface area contributed by atoms with Crippen LogP contribution < -0.4 is 0 Å². The van der Waals surface area contributed by atoms with Gasteiger partial charge in [0.25, 0.3) is 0 Å². The number of aryl methyl sites for hydroxylation is 1. The van der Waals surface area contributed by atoms with Crippen LogP contribution in [-0.2, 0) is 6.42 Å². The van der Waals surface area contributed by atoms with Crippen LogP contribution >= 0.6 is 11.6 Å². The Morgan fingerprint density at radius 2 is 1.79 bits per heavy atom. The lowest BCUT2D eigenvalue weighted by molar-refractivity contribution is 0.386. The van der Waals surface area contributed by atoms with Crippen molar-refractivity contribution in [1.82, 2.24) is 0 Å². The molecule has 1 atom stereocenters. The highest BCUT2D eigenvalue weighted by atomic mass is 35.5. The third kappa shape index (κ3) is 3.02. The number of halogens is 1. The molecule has 0 radical (unpaired) electrons. The monoisotopic (exact) mass is 210 g/mol. The van der Waals surface area contributed by atoms with E-state index >= 15 is 0 Å². The third-order valence-corrected chi connectivity index (χ3v) is 3.41. The lowest BCUT2D eigenvalue weighted by atomic mass is 9.87. The lowest BCUT2D eigenvalue weighted by Crippen LogP contribution is -2.23. The van der Waals surface area contributed by atoms with Crippen molar-refractivity contribution in [1.29, 1.82) is 0 Å². The molecular weight excluding hydrogens is 192 g/mol. The SMILES string of the molecule is Cc1ccccc1CC(Cl)C(C)(C)C. The van der Waals surface area contributed by atoms with Gasteiger partial charge in [0, 0.05) is 5.38 Å². The smallest absolute Gasteiger partial charge is 0.0424 e. The summed E-state index contributed by atoms with van der Waals surface area (Å²) >= 11 is 6.36. The molecule has 0 bridgehead atoms. The summed E-state index contributed by atoms with van der Waals surface area (Å²) in [6, 6.07) is 8.45. The zero-order valence-electron chi connectivity index (χ0n) is 9.47. The molecule has 0 heterocycles. The van der Waals surface area contributed by atoms with Crippen LogP contribution in [0.4, 0.5) is 0 Å². The molecule has 0 N–H and O–H groups in total. The Balaban J connectivity index is 2.75. The topological polar surface area (TPSA) is 0 Å². The minimum absolute atomic E-state index is 0.170. The van der Waals surface area contributed by atoms with Crippen LogP contribution in [0.25, 0.3) is 0 Å². The number of rotatable bonds is 2. The molecule has 1 rings (SSSR count). The van der Waals surface area contributed by atoms with Crippen LogP contribution in [0, 0.1) is 12.3 Å². The summed E-state index contributed by atoms with van der Waals surface area (Å²) < 4.78 is 0. The van der Waals surface area contributed by atoms with Crippen LogP contribution in [-0.4, -0.2) is 5.38 Å². The van der Waals surface area contributed by atoms with Gasteiger partial charge in [0.1, 0.15) is 0 Å². The molecule has 0 fully saturated rings. The summed E-state index contributed by atoms with van der Waals surface area (Å²) in [5, 5.41) is 0.198. The minimum Gasteiger partial charge on any atom is -0.122 e. The molecule has 0 amide bonds. The largest absolute Gasteiger partial charge is 0.122 e. The van der Waals surface area contributed by atoms with Gasteiger partial charge < -0.3 is 0 Å². The Morgan fingerprint density at radius 1 is 1.21 bits per heavy atom. The van der Waals surface area contributed by atoms with Gasteiger partial charge in [-0.05, 0) is 29.9 Å². The Labute approximate surface area is 92.3 Å². The van der Waals surface area contributed by atoms with E-state index in [1.54, 1.807) is 0 Å².